The molecule has 1 aromatic heterocycles. The molecule has 27 heavy (non-hydrogen) atoms. The number of nitrogens with one attached hydrogen (secondary N) is 2. The van der Waals surface area contributed by atoms with Crippen molar-refractivity contribution in [2.75, 3.05) is 17.2 Å². The monoisotopic (exact) mass is 359 g/mol. The van der Waals surface area contributed by atoms with Crippen LogP contribution < -0.4 is 10.6 Å². The molecule has 138 valence electrons. The van der Waals surface area contributed by atoms with Crippen LogP contribution in [0.5, 0.6) is 0 Å². The Labute approximate surface area is 160 Å². The van der Waals surface area contributed by atoms with Crippen LogP contribution in [0.4, 0.5) is 11.5 Å². The van der Waals surface area contributed by atoms with Gasteiger partial charge >= 0.3 is 0 Å². The zero-order chi connectivity index (χ0) is 18.9. The lowest BCUT2D eigenvalue weighted by molar-refractivity contribution is -0.115. The van der Waals surface area contributed by atoms with Crippen molar-refractivity contribution in [3.8, 4) is 0 Å². The van der Waals surface area contributed by atoms with E-state index < -0.39 is 0 Å². The lowest BCUT2D eigenvalue weighted by Crippen LogP contribution is -2.16. The summed E-state index contributed by atoms with van der Waals surface area (Å²) in [7, 11) is 0. The molecule has 0 saturated carbocycles. The van der Waals surface area contributed by atoms with E-state index in [0.717, 1.165) is 36.2 Å². The van der Waals surface area contributed by atoms with Crippen molar-refractivity contribution >= 4 is 17.4 Å². The second-order valence-corrected chi connectivity index (χ2v) is 6.60. The average Bonchev–Trinajstić information content (AvgIpc) is 2.69. The van der Waals surface area contributed by atoms with E-state index in [1.165, 1.54) is 5.56 Å². The second kappa shape index (κ2) is 9.53. The normalized spacial score (nSPS) is 10.4. The summed E-state index contributed by atoms with van der Waals surface area (Å²) in [6, 6.07) is 22.2. The summed E-state index contributed by atoms with van der Waals surface area (Å²) in [4.78, 5) is 16.5. The molecule has 2 aromatic carbocycles. The van der Waals surface area contributed by atoms with Crippen LogP contribution >= 0.6 is 0 Å². The van der Waals surface area contributed by atoms with Crippen molar-refractivity contribution < 1.29 is 4.79 Å². The molecule has 4 heteroatoms. The van der Waals surface area contributed by atoms with Gasteiger partial charge in [-0.15, -0.1) is 0 Å². The molecule has 0 atom stereocenters. The van der Waals surface area contributed by atoms with Gasteiger partial charge in [0.05, 0.1) is 18.3 Å². The fourth-order valence-corrected chi connectivity index (χ4v) is 2.91. The van der Waals surface area contributed by atoms with Crippen LogP contribution in [0.15, 0.2) is 72.9 Å². The number of amides is 1. The Bertz CT molecular complexity index is 860. The zero-order valence-corrected chi connectivity index (χ0v) is 15.6. The summed E-state index contributed by atoms with van der Waals surface area (Å²) in [5.41, 5.74) is 4.46. The highest BCUT2D eigenvalue weighted by molar-refractivity contribution is 5.91. The lowest BCUT2D eigenvalue weighted by atomic mass is 10.1. The van der Waals surface area contributed by atoms with Crippen LogP contribution in [0.1, 0.15) is 23.1 Å². The predicted octanol–water partition coefficient (Wildman–Crippen LogP) is 4.62. The van der Waals surface area contributed by atoms with Crippen molar-refractivity contribution in [3.05, 3.63) is 89.6 Å². The predicted molar refractivity (Wildman–Crippen MR) is 111 cm³/mol. The fraction of sp³-hybridized carbons (Fsp3) is 0.217. The number of carbonyl (C=O) groups excluding carboxylic acids is 1. The maximum Gasteiger partial charge on any atom is 0.229 e. The Balaban J connectivity index is 1.43. The van der Waals surface area contributed by atoms with Crippen LogP contribution in [-0.4, -0.2) is 17.4 Å². The Kier molecular flexibility index (Phi) is 6.58. The van der Waals surface area contributed by atoms with Gasteiger partial charge in [0, 0.05) is 6.54 Å². The average molecular weight is 359 g/mol. The van der Waals surface area contributed by atoms with Crippen LogP contribution in [0.25, 0.3) is 0 Å². The van der Waals surface area contributed by atoms with Gasteiger partial charge in [-0.05, 0) is 48.6 Å². The van der Waals surface area contributed by atoms with Crippen LogP contribution in [0.2, 0.25) is 0 Å². The summed E-state index contributed by atoms with van der Waals surface area (Å²) < 4.78 is 0. The van der Waals surface area contributed by atoms with Gasteiger partial charge in [0.1, 0.15) is 5.82 Å². The Morgan fingerprint density at radius 3 is 2.48 bits per heavy atom. The molecule has 1 heterocycles. The zero-order valence-electron chi connectivity index (χ0n) is 15.6. The Hall–Kier alpha value is -3.14. The highest BCUT2D eigenvalue weighted by Crippen LogP contribution is 2.12. The molecular formula is C23H25N3O. The number of hydrogen-bond acceptors (Lipinski definition) is 3. The van der Waals surface area contributed by atoms with Gasteiger partial charge in [0.2, 0.25) is 5.91 Å². The van der Waals surface area contributed by atoms with Gasteiger partial charge in [0.15, 0.2) is 0 Å². The molecule has 0 unspecified atom stereocenters. The first-order chi connectivity index (χ1) is 13.2. The number of rotatable bonds is 8. The minimum Gasteiger partial charge on any atom is -0.384 e. The van der Waals surface area contributed by atoms with Crippen LogP contribution in [0, 0.1) is 6.92 Å². The van der Waals surface area contributed by atoms with Gasteiger partial charge in [-0.1, -0.05) is 54.6 Å². The molecule has 3 aromatic rings. The quantitative estimate of drug-likeness (QED) is 0.577. The Morgan fingerprint density at radius 2 is 1.74 bits per heavy atom. The molecule has 3 rings (SSSR count). The molecule has 1 amide bonds. The standard InChI is InChI=1S/C23H25N3O/c1-18-8-5-6-12-20(18)16-23(27)26-22-14-13-21(17-25-22)24-15-7-11-19-9-3-2-4-10-19/h2-6,8-10,12-14,17,24H,7,11,15-16H2,1H3,(H,25,26,27). The number of anilines is 2. The maximum absolute atomic E-state index is 12.2. The van der Waals surface area contributed by atoms with Crippen molar-refractivity contribution in [1.29, 1.82) is 0 Å². The highest BCUT2D eigenvalue weighted by Gasteiger charge is 2.06. The number of pyridine rings is 1. The second-order valence-electron chi connectivity index (χ2n) is 6.60. The number of aromatic nitrogens is 1. The van der Waals surface area contributed by atoms with E-state index in [1.54, 1.807) is 6.20 Å². The van der Waals surface area contributed by atoms with Gasteiger partial charge < -0.3 is 10.6 Å². The number of hydrogen-bond donors (Lipinski definition) is 2. The van der Waals surface area contributed by atoms with Crippen LogP contribution in [-0.2, 0) is 17.6 Å². The van der Waals surface area contributed by atoms with E-state index in [-0.39, 0.29) is 5.91 Å². The lowest BCUT2D eigenvalue weighted by Gasteiger charge is -2.09. The first kappa shape index (κ1) is 18.6. The molecule has 0 spiro atoms. The molecule has 4 nitrogen and oxygen atoms in total. The minimum atomic E-state index is -0.0552. The number of benzene rings is 2. The molecule has 2 N–H and O–H groups in total. The number of nitrogens with zero attached hydrogens (tertiary/aromatic N) is 1. The maximum atomic E-state index is 12.2. The molecule has 0 aliphatic heterocycles. The third kappa shape index (κ3) is 5.96. The molecule has 0 aliphatic rings. The molecule has 0 saturated heterocycles. The molecule has 0 bridgehead atoms. The SMILES string of the molecule is Cc1ccccc1CC(=O)Nc1ccc(NCCCc2ccccc2)cn1. The smallest absolute Gasteiger partial charge is 0.229 e. The number of aryl methyl sites for hydroxylation is 2. The van der Waals surface area contributed by atoms with E-state index in [1.807, 2.05) is 49.4 Å². The van der Waals surface area contributed by atoms with E-state index >= 15 is 0 Å². The van der Waals surface area contributed by atoms with E-state index in [4.69, 9.17) is 0 Å². The molecule has 0 radical (unpaired) electrons. The first-order valence-corrected chi connectivity index (χ1v) is 9.29. The molecule has 0 fully saturated rings. The first-order valence-electron chi connectivity index (χ1n) is 9.29. The van der Waals surface area contributed by atoms with E-state index in [2.05, 4.69) is 39.9 Å². The van der Waals surface area contributed by atoms with Crippen LogP contribution in [0.3, 0.4) is 0 Å². The minimum absolute atomic E-state index is 0.0552. The van der Waals surface area contributed by atoms with E-state index in [0.29, 0.717) is 12.2 Å². The largest absolute Gasteiger partial charge is 0.384 e. The third-order valence-corrected chi connectivity index (χ3v) is 4.46. The fourth-order valence-electron chi connectivity index (χ4n) is 2.91. The third-order valence-electron chi connectivity index (χ3n) is 4.46. The van der Waals surface area contributed by atoms with Crippen molar-refractivity contribution in [2.24, 2.45) is 0 Å². The summed E-state index contributed by atoms with van der Waals surface area (Å²) in [6.07, 6.45) is 4.22. The number of carbonyl (C=O) groups is 1. The molecule has 0 aliphatic carbocycles. The molecular weight excluding hydrogens is 334 g/mol. The summed E-state index contributed by atoms with van der Waals surface area (Å²) in [5.74, 6) is 0.517. The highest BCUT2D eigenvalue weighted by atomic mass is 16.1. The summed E-state index contributed by atoms with van der Waals surface area (Å²) >= 11 is 0. The topological polar surface area (TPSA) is 54.0 Å². The van der Waals surface area contributed by atoms with Crippen molar-refractivity contribution in [3.63, 3.8) is 0 Å². The van der Waals surface area contributed by atoms with Gasteiger partial charge in [-0.3, -0.25) is 4.79 Å². The van der Waals surface area contributed by atoms with Crippen molar-refractivity contribution in [1.82, 2.24) is 4.98 Å². The van der Waals surface area contributed by atoms with E-state index in [9.17, 15) is 4.79 Å². The summed E-state index contributed by atoms with van der Waals surface area (Å²) in [5, 5.41) is 6.22. The Morgan fingerprint density at radius 1 is 0.963 bits per heavy atom. The van der Waals surface area contributed by atoms with Crippen molar-refractivity contribution in [2.45, 2.75) is 26.2 Å². The van der Waals surface area contributed by atoms with Gasteiger partial charge in [-0.25, -0.2) is 4.98 Å². The van der Waals surface area contributed by atoms with Gasteiger partial charge in [0.25, 0.3) is 0 Å². The van der Waals surface area contributed by atoms with Gasteiger partial charge in [-0.2, -0.15) is 0 Å². The summed E-state index contributed by atoms with van der Waals surface area (Å²) in [6.45, 7) is 2.90.